The molecular weight excluding hydrogens is 312 g/mol. The van der Waals surface area contributed by atoms with Crippen LogP contribution in [-0.4, -0.2) is 31.8 Å². The Labute approximate surface area is 130 Å². The molecule has 2 atom stereocenters. The highest BCUT2D eigenvalue weighted by molar-refractivity contribution is 7.89. The smallest absolute Gasteiger partial charge is 0.254 e. The summed E-state index contributed by atoms with van der Waals surface area (Å²) >= 11 is 5.84. The number of halogens is 1. The lowest BCUT2D eigenvalue weighted by molar-refractivity contribution is 0.0551. The van der Waals surface area contributed by atoms with E-state index in [1.807, 2.05) is 6.92 Å². The number of carbonyl (C=O) groups is 1. The van der Waals surface area contributed by atoms with E-state index in [0.29, 0.717) is 18.0 Å². The average molecular weight is 331 g/mol. The van der Waals surface area contributed by atoms with E-state index in [-0.39, 0.29) is 21.9 Å². The van der Waals surface area contributed by atoms with Crippen LogP contribution >= 0.6 is 11.6 Å². The zero-order chi connectivity index (χ0) is 15.8. The second kappa shape index (κ2) is 5.94. The lowest BCUT2D eigenvalue weighted by Crippen LogP contribution is -2.46. The van der Waals surface area contributed by atoms with Gasteiger partial charge in [-0.2, -0.15) is 0 Å². The van der Waals surface area contributed by atoms with Crippen molar-refractivity contribution in [3.8, 4) is 0 Å². The Morgan fingerprint density at radius 3 is 2.67 bits per heavy atom. The first-order chi connectivity index (χ1) is 9.71. The van der Waals surface area contributed by atoms with Gasteiger partial charge in [0.15, 0.2) is 0 Å². The number of carbonyl (C=O) groups excluding carboxylic acids is 1. The third kappa shape index (κ3) is 3.39. The summed E-state index contributed by atoms with van der Waals surface area (Å²) < 4.78 is 23.0. The molecule has 1 saturated heterocycles. The number of piperidine rings is 1. The number of likely N-dealkylation sites (tertiary alicyclic amines) is 1. The molecule has 1 fully saturated rings. The average Bonchev–Trinajstić information content (AvgIpc) is 2.40. The van der Waals surface area contributed by atoms with E-state index in [1.165, 1.54) is 18.2 Å². The highest BCUT2D eigenvalue weighted by atomic mass is 35.5. The normalized spacial score (nSPS) is 23.1. The van der Waals surface area contributed by atoms with Gasteiger partial charge in [0.05, 0.1) is 5.02 Å². The van der Waals surface area contributed by atoms with Gasteiger partial charge in [-0.15, -0.1) is 0 Å². The zero-order valence-electron chi connectivity index (χ0n) is 12.0. The van der Waals surface area contributed by atoms with Crippen LogP contribution in [0.2, 0.25) is 5.02 Å². The summed E-state index contributed by atoms with van der Waals surface area (Å²) in [6.07, 6.45) is 2.04. The second-order valence-corrected chi connectivity index (χ2v) is 7.49. The van der Waals surface area contributed by atoms with Gasteiger partial charge in [0.2, 0.25) is 10.0 Å². The van der Waals surface area contributed by atoms with Gasteiger partial charge >= 0.3 is 0 Å². The number of benzene rings is 1. The van der Waals surface area contributed by atoms with E-state index in [0.717, 1.165) is 12.8 Å². The highest BCUT2D eigenvalue weighted by Crippen LogP contribution is 2.27. The third-order valence-corrected chi connectivity index (χ3v) is 5.51. The number of hydrogen-bond donors (Lipinski definition) is 1. The van der Waals surface area contributed by atoms with Crippen LogP contribution < -0.4 is 5.14 Å². The van der Waals surface area contributed by atoms with Gasteiger partial charge in [0, 0.05) is 18.2 Å². The highest BCUT2D eigenvalue weighted by Gasteiger charge is 2.29. The number of nitrogens with zero attached hydrogens (tertiary/aromatic N) is 1. The Morgan fingerprint density at radius 1 is 1.38 bits per heavy atom. The molecule has 2 N–H and O–H groups in total. The van der Waals surface area contributed by atoms with E-state index < -0.39 is 10.0 Å². The second-order valence-electron chi connectivity index (χ2n) is 5.55. The van der Waals surface area contributed by atoms with Gasteiger partial charge in [0.1, 0.15) is 4.90 Å². The van der Waals surface area contributed by atoms with E-state index in [1.54, 1.807) is 4.90 Å². The molecule has 0 aromatic heterocycles. The number of nitrogens with two attached hydrogens (primary N) is 1. The largest absolute Gasteiger partial charge is 0.336 e. The maximum absolute atomic E-state index is 12.6. The first-order valence-corrected chi connectivity index (χ1v) is 8.77. The molecule has 116 valence electrons. The molecule has 0 aliphatic carbocycles. The fourth-order valence-corrected chi connectivity index (χ4v) is 3.71. The number of amides is 1. The van der Waals surface area contributed by atoms with E-state index in [2.05, 4.69) is 6.92 Å². The maximum Gasteiger partial charge on any atom is 0.254 e. The lowest BCUT2D eigenvalue weighted by Gasteiger charge is -2.38. The fourth-order valence-electron chi connectivity index (χ4n) is 2.64. The molecule has 1 aliphatic heterocycles. The molecule has 0 spiro atoms. The fraction of sp³-hybridized carbons (Fsp3) is 0.500. The molecular formula is C14H19ClN2O3S. The minimum absolute atomic E-state index is 0.0223. The summed E-state index contributed by atoms with van der Waals surface area (Å²) in [4.78, 5) is 14.2. The van der Waals surface area contributed by atoms with Crippen molar-refractivity contribution in [3.63, 3.8) is 0 Å². The van der Waals surface area contributed by atoms with Crippen molar-refractivity contribution < 1.29 is 13.2 Å². The monoisotopic (exact) mass is 330 g/mol. The summed E-state index contributed by atoms with van der Waals surface area (Å²) in [6, 6.07) is 4.31. The van der Waals surface area contributed by atoms with E-state index in [4.69, 9.17) is 16.7 Å². The number of primary sulfonamides is 1. The lowest BCUT2D eigenvalue weighted by atomic mass is 9.91. The molecule has 2 rings (SSSR count). The Hall–Kier alpha value is -1.11. The molecule has 0 bridgehead atoms. The van der Waals surface area contributed by atoms with E-state index >= 15 is 0 Å². The van der Waals surface area contributed by atoms with Gasteiger partial charge in [-0.1, -0.05) is 18.5 Å². The SMILES string of the molecule is CC1CCCN(C(=O)c2ccc(Cl)c(S(N)(=O)=O)c2)C1C. The first kappa shape index (κ1) is 16.3. The van der Waals surface area contributed by atoms with E-state index in [9.17, 15) is 13.2 Å². The predicted molar refractivity (Wildman–Crippen MR) is 81.7 cm³/mol. The van der Waals surface area contributed by atoms with Crippen LogP contribution in [0.4, 0.5) is 0 Å². The summed E-state index contributed by atoms with van der Waals surface area (Å²) in [5, 5.41) is 5.14. The summed E-state index contributed by atoms with van der Waals surface area (Å²) in [7, 11) is -3.95. The Morgan fingerprint density at radius 2 is 2.05 bits per heavy atom. The van der Waals surface area contributed by atoms with Gasteiger partial charge in [-0.25, -0.2) is 13.6 Å². The summed E-state index contributed by atoms with van der Waals surface area (Å²) in [5.74, 6) is 0.239. The molecule has 1 aromatic carbocycles. The summed E-state index contributed by atoms with van der Waals surface area (Å²) in [5.41, 5.74) is 0.296. The minimum atomic E-state index is -3.95. The van der Waals surface area contributed by atoms with Gasteiger partial charge in [0.25, 0.3) is 5.91 Å². The van der Waals surface area contributed by atoms with Crippen LogP contribution in [0, 0.1) is 5.92 Å². The van der Waals surface area contributed by atoms with Crippen LogP contribution in [0.25, 0.3) is 0 Å². The zero-order valence-corrected chi connectivity index (χ0v) is 13.6. The molecule has 21 heavy (non-hydrogen) atoms. The van der Waals surface area contributed by atoms with Crippen LogP contribution in [0.1, 0.15) is 37.0 Å². The van der Waals surface area contributed by atoms with Crippen molar-refractivity contribution in [1.29, 1.82) is 0 Å². The number of hydrogen-bond acceptors (Lipinski definition) is 3. The Bertz CT molecular complexity index is 660. The molecule has 0 radical (unpaired) electrons. The molecule has 1 heterocycles. The van der Waals surface area contributed by atoms with Crippen LogP contribution in [0.15, 0.2) is 23.1 Å². The minimum Gasteiger partial charge on any atom is -0.336 e. The van der Waals surface area contributed by atoms with Crippen molar-refractivity contribution in [2.45, 2.75) is 37.6 Å². The molecule has 1 aliphatic rings. The molecule has 2 unspecified atom stereocenters. The van der Waals surface area contributed by atoms with Crippen LogP contribution in [0.3, 0.4) is 0 Å². The molecule has 7 heteroatoms. The van der Waals surface area contributed by atoms with Crippen LogP contribution in [-0.2, 0) is 10.0 Å². The predicted octanol–water partition coefficient (Wildman–Crippen LogP) is 2.25. The van der Waals surface area contributed by atoms with Gasteiger partial charge in [-0.05, 0) is 43.9 Å². The van der Waals surface area contributed by atoms with Crippen LogP contribution in [0.5, 0.6) is 0 Å². The topological polar surface area (TPSA) is 80.5 Å². The number of rotatable bonds is 2. The van der Waals surface area contributed by atoms with Gasteiger partial charge in [-0.3, -0.25) is 4.79 Å². The summed E-state index contributed by atoms with van der Waals surface area (Å²) in [6.45, 7) is 4.80. The molecule has 1 amide bonds. The number of sulfonamides is 1. The van der Waals surface area contributed by atoms with Crippen molar-refractivity contribution in [2.24, 2.45) is 11.1 Å². The van der Waals surface area contributed by atoms with Crippen molar-refractivity contribution in [2.75, 3.05) is 6.54 Å². The van der Waals surface area contributed by atoms with Crippen molar-refractivity contribution >= 4 is 27.5 Å². The molecule has 5 nitrogen and oxygen atoms in total. The maximum atomic E-state index is 12.6. The third-order valence-electron chi connectivity index (χ3n) is 4.12. The Balaban J connectivity index is 2.36. The van der Waals surface area contributed by atoms with Gasteiger partial charge < -0.3 is 4.90 Å². The van der Waals surface area contributed by atoms with Crippen molar-refractivity contribution in [1.82, 2.24) is 4.90 Å². The molecule has 0 saturated carbocycles. The van der Waals surface area contributed by atoms with Crippen molar-refractivity contribution in [3.05, 3.63) is 28.8 Å². The standard InChI is InChI=1S/C14H19ClN2O3S/c1-9-4-3-7-17(10(9)2)14(18)11-5-6-12(15)13(8-11)21(16,19)20/h5-6,8-10H,3-4,7H2,1-2H3,(H2,16,19,20). The Kier molecular flexibility index (Phi) is 4.60. The molecule has 1 aromatic rings. The quantitative estimate of drug-likeness (QED) is 0.903. The first-order valence-electron chi connectivity index (χ1n) is 6.85.